The second-order valence-corrected chi connectivity index (χ2v) is 11.0. The van der Waals surface area contributed by atoms with Crippen molar-refractivity contribution in [1.29, 1.82) is 0 Å². The molecule has 1 saturated carbocycles. The molecule has 2 bridgehead atoms. The molecular weight excluding hydrogens is 376 g/mol. The SMILES string of the molecule is CC12C=CC(CN3CCc4c(c5cccc6c5n4-c4ccccc4CC6)C3)(CC1)CC2. The number of hydrogen-bond acceptors (Lipinski definition) is 1. The van der Waals surface area contributed by atoms with E-state index in [4.69, 9.17) is 0 Å². The first-order valence-electron chi connectivity index (χ1n) is 12.3. The van der Waals surface area contributed by atoms with Gasteiger partial charge in [-0.2, -0.15) is 0 Å². The predicted molar refractivity (Wildman–Crippen MR) is 128 cm³/mol. The average molecular weight is 409 g/mol. The summed E-state index contributed by atoms with van der Waals surface area (Å²) in [4.78, 5) is 2.77. The molecule has 2 aromatic carbocycles. The Morgan fingerprint density at radius 3 is 2.48 bits per heavy atom. The van der Waals surface area contributed by atoms with Crippen LogP contribution in [0.3, 0.4) is 0 Å². The van der Waals surface area contributed by atoms with Crippen LogP contribution in [0.5, 0.6) is 0 Å². The number of allylic oxidation sites excluding steroid dienone is 1. The van der Waals surface area contributed by atoms with Gasteiger partial charge in [0.1, 0.15) is 0 Å². The highest BCUT2D eigenvalue weighted by Gasteiger charge is 2.43. The number of hydrogen-bond donors (Lipinski definition) is 0. The van der Waals surface area contributed by atoms with Gasteiger partial charge in [-0.05, 0) is 66.7 Å². The summed E-state index contributed by atoms with van der Waals surface area (Å²) in [6.07, 6.45) is 14.1. The Morgan fingerprint density at radius 2 is 1.65 bits per heavy atom. The van der Waals surface area contributed by atoms with Crippen LogP contribution in [-0.2, 0) is 25.8 Å². The predicted octanol–water partition coefficient (Wildman–Crippen LogP) is 6.22. The summed E-state index contributed by atoms with van der Waals surface area (Å²) >= 11 is 0. The molecule has 5 aliphatic rings. The van der Waals surface area contributed by atoms with E-state index < -0.39 is 0 Å². The normalized spacial score (nSPS) is 29.1. The Hall–Kier alpha value is -2.32. The largest absolute Gasteiger partial charge is 0.313 e. The standard InChI is InChI=1S/C29H32N2/c1-28-12-15-29(16-13-28,17-14-28)20-30-18-11-26-24(19-30)23-7-4-6-22-10-9-21-5-2-3-8-25(21)31(26)27(22)23/h2-8,12,15H,9-11,13-14,16-20H2,1H3. The van der Waals surface area contributed by atoms with Crippen LogP contribution in [0.25, 0.3) is 16.6 Å². The molecule has 0 amide bonds. The molecule has 0 atom stereocenters. The molecule has 0 spiro atoms. The van der Waals surface area contributed by atoms with Crippen LogP contribution in [0.15, 0.2) is 54.6 Å². The van der Waals surface area contributed by atoms with Gasteiger partial charge in [-0.25, -0.2) is 0 Å². The average Bonchev–Trinajstić information content (AvgIpc) is 3.02. The Morgan fingerprint density at radius 1 is 0.839 bits per heavy atom. The fourth-order valence-electron chi connectivity index (χ4n) is 7.03. The van der Waals surface area contributed by atoms with Crippen molar-refractivity contribution in [1.82, 2.24) is 9.47 Å². The Bertz CT molecular complexity index is 1220. The second-order valence-electron chi connectivity index (χ2n) is 11.0. The lowest BCUT2D eigenvalue weighted by Gasteiger charge is -2.49. The molecular formula is C29H32N2. The third kappa shape index (κ3) is 2.67. The first-order chi connectivity index (χ1) is 15.1. The van der Waals surface area contributed by atoms with Gasteiger partial charge >= 0.3 is 0 Å². The maximum absolute atomic E-state index is 2.77. The van der Waals surface area contributed by atoms with Crippen molar-refractivity contribution < 1.29 is 0 Å². The number of fused-ring (bicyclic) bond motifs is 7. The number of aryl methyl sites for hydroxylation is 2. The molecule has 3 aromatic rings. The molecule has 3 heterocycles. The van der Waals surface area contributed by atoms with Gasteiger partial charge in [0.15, 0.2) is 0 Å². The Balaban J connectivity index is 1.31. The Labute approximate surface area is 185 Å². The highest BCUT2D eigenvalue weighted by atomic mass is 15.2. The third-order valence-corrected chi connectivity index (χ3v) is 9.00. The van der Waals surface area contributed by atoms with E-state index in [0.29, 0.717) is 10.8 Å². The monoisotopic (exact) mass is 408 g/mol. The zero-order chi connectivity index (χ0) is 20.6. The van der Waals surface area contributed by atoms with Crippen molar-refractivity contribution in [3.8, 4) is 5.69 Å². The summed E-state index contributed by atoms with van der Waals surface area (Å²) < 4.78 is 2.64. The lowest BCUT2D eigenvalue weighted by atomic mass is 9.59. The van der Waals surface area contributed by atoms with E-state index in [0.717, 1.165) is 25.8 Å². The summed E-state index contributed by atoms with van der Waals surface area (Å²) in [7, 11) is 0. The first kappa shape index (κ1) is 18.3. The van der Waals surface area contributed by atoms with Gasteiger partial charge in [0, 0.05) is 48.2 Å². The van der Waals surface area contributed by atoms with Crippen molar-refractivity contribution in [3.05, 3.63) is 77.0 Å². The van der Waals surface area contributed by atoms with Crippen molar-refractivity contribution >= 4 is 10.9 Å². The summed E-state index contributed by atoms with van der Waals surface area (Å²) in [5.74, 6) is 0. The fraction of sp³-hybridized carbons (Fsp3) is 0.448. The fourth-order valence-corrected chi connectivity index (χ4v) is 7.03. The van der Waals surface area contributed by atoms with Crippen molar-refractivity contribution in [2.24, 2.45) is 10.8 Å². The molecule has 0 N–H and O–H groups in total. The minimum Gasteiger partial charge on any atom is -0.313 e. The molecule has 31 heavy (non-hydrogen) atoms. The number of rotatable bonds is 2. The molecule has 1 aromatic heterocycles. The van der Waals surface area contributed by atoms with Crippen molar-refractivity contribution in [3.63, 3.8) is 0 Å². The van der Waals surface area contributed by atoms with Crippen molar-refractivity contribution in [2.45, 2.75) is 58.4 Å². The maximum Gasteiger partial charge on any atom is 0.0567 e. The first-order valence-corrected chi connectivity index (χ1v) is 12.3. The minimum absolute atomic E-state index is 0.427. The Kier molecular flexibility index (Phi) is 3.75. The van der Waals surface area contributed by atoms with Crippen molar-refractivity contribution in [2.75, 3.05) is 13.1 Å². The number of aromatic nitrogens is 1. The van der Waals surface area contributed by atoms with Crippen LogP contribution >= 0.6 is 0 Å². The zero-order valence-corrected chi connectivity index (χ0v) is 18.7. The van der Waals surface area contributed by atoms with Crippen LogP contribution in [0, 0.1) is 10.8 Å². The molecule has 0 saturated heterocycles. The van der Waals surface area contributed by atoms with Crippen LogP contribution in [0.2, 0.25) is 0 Å². The number of nitrogens with zero attached hydrogens (tertiary/aromatic N) is 2. The molecule has 3 aliphatic carbocycles. The highest BCUT2D eigenvalue weighted by Crippen LogP contribution is 2.52. The van der Waals surface area contributed by atoms with Crippen LogP contribution < -0.4 is 0 Å². The molecule has 2 aliphatic heterocycles. The number of benzene rings is 2. The lowest BCUT2D eigenvalue weighted by Crippen LogP contribution is -2.45. The maximum atomic E-state index is 2.77. The smallest absolute Gasteiger partial charge is 0.0567 e. The lowest BCUT2D eigenvalue weighted by molar-refractivity contribution is 0.0819. The van der Waals surface area contributed by atoms with E-state index in [2.05, 4.69) is 71.0 Å². The van der Waals surface area contributed by atoms with Gasteiger partial charge in [0.05, 0.1) is 5.52 Å². The third-order valence-electron chi connectivity index (χ3n) is 9.00. The van der Waals surface area contributed by atoms with Gasteiger partial charge in [0.2, 0.25) is 0 Å². The second kappa shape index (κ2) is 6.36. The van der Waals surface area contributed by atoms with E-state index in [1.54, 1.807) is 11.3 Å². The summed E-state index contributed by atoms with van der Waals surface area (Å²) in [5.41, 5.74) is 10.0. The number of para-hydroxylation sites is 2. The van der Waals surface area contributed by atoms with Crippen LogP contribution in [0.4, 0.5) is 0 Å². The van der Waals surface area contributed by atoms with Gasteiger partial charge in [-0.15, -0.1) is 0 Å². The summed E-state index contributed by atoms with van der Waals surface area (Å²) in [5, 5.41) is 1.50. The van der Waals surface area contributed by atoms with Crippen LogP contribution in [0.1, 0.15) is 55.0 Å². The minimum atomic E-state index is 0.427. The molecule has 158 valence electrons. The molecule has 1 fully saturated rings. The van der Waals surface area contributed by atoms with E-state index in [-0.39, 0.29) is 0 Å². The quantitative estimate of drug-likeness (QED) is 0.457. The topological polar surface area (TPSA) is 8.17 Å². The van der Waals surface area contributed by atoms with Gasteiger partial charge in [-0.3, -0.25) is 4.90 Å². The van der Waals surface area contributed by atoms with E-state index in [1.165, 1.54) is 66.5 Å². The molecule has 2 heteroatoms. The molecule has 8 rings (SSSR count). The molecule has 0 unspecified atom stereocenters. The zero-order valence-electron chi connectivity index (χ0n) is 18.7. The summed E-state index contributed by atoms with van der Waals surface area (Å²) in [6.45, 7) is 5.99. The van der Waals surface area contributed by atoms with Gasteiger partial charge in [-0.1, -0.05) is 55.5 Å². The van der Waals surface area contributed by atoms with E-state index in [9.17, 15) is 0 Å². The van der Waals surface area contributed by atoms with Crippen LogP contribution in [-0.4, -0.2) is 22.6 Å². The van der Waals surface area contributed by atoms with Gasteiger partial charge < -0.3 is 4.57 Å². The molecule has 2 nitrogen and oxygen atoms in total. The molecule has 0 radical (unpaired) electrons. The highest BCUT2D eigenvalue weighted by molar-refractivity contribution is 5.91. The van der Waals surface area contributed by atoms with Gasteiger partial charge in [0.25, 0.3) is 0 Å². The van der Waals surface area contributed by atoms with E-state index >= 15 is 0 Å². The summed E-state index contributed by atoms with van der Waals surface area (Å²) in [6, 6.07) is 16.1. The van der Waals surface area contributed by atoms with E-state index in [1.807, 2.05) is 0 Å².